The van der Waals surface area contributed by atoms with Crippen molar-refractivity contribution in [2.75, 3.05) is 5.73 Å². The first-order valence-electron chi connectivity index (χ1n) is 5.92. The van der Waals surface area contributed by atoms with E-state index in [1.165, 1.54) is 0 Å². The first kappa shape index (κ1) is 11.6. The number of rotatable bonds is 4. The fourth-order valence-electron chi connectivity index (χ4n) is 1.77. The van der Waals surface area contributed by atoms with Gasteiger partial charge in [0.25, 0.3) is 0 Å². The molecule has 0 saturated heterocycles. The molecule has 2 aromatic heterocycles. The Balaban J connectivity index is 2.34. The van der Waals surface area contributed by atoms with Gasteiger partial charge in [-0.15, -0.1) is 0 Å². The SMILES string of the molecule is CCC(C)Cn1cncc1-c1cnccc1N. The monoisotopic (exact) mass is 230 g/mol. The zero-order chi connectivity index (χ0) is 12.3. The molecule has 0 aliphatic carbocycles. The van der Waals surface area contributed by atoms with Gasteiger partial charge in [0.05, 0.1) is 18.2 Å². The maximum absolute atomic E-state index is 5.96. The quantitative estimate of drug-likeness (QED) is 0.878. The molecule has 0 spiro atoms. The average molecular weight is 230 g/mol. The van der Waals surface area contributed by atoms with Gasteiger partial charge in [-0.2, -0.15) is 0 Å². The number of hydrogen-bond donors (Lipinski definition) is 1. The highest BCUT2D eigenvalue weighted by Crippen LogP contribution is 2.24. The zero-order valence-electron chi connectivity index (χ0n) is 10.3. The van der Waals surface area contributed by atoms with E-state index in [1.54, 1.807) is 12.4 Å². The van der Waals surface area contributed by atoms with Crippen LogP contribution in [0.2, 0.25) is 0 Å². The molecule has 0 fully saturated rings. The van der Waals surface area contributed by atoms with E-state index in [0.29, 0.717) is 5.92 Å². The highest BCUT2D eigenvalue weighted by Gasteiger charge is 2.10. The van der Waals surface area contributed by atoms with Crippen molar-refractivity contribution >= 4 is 5.69 Å². The first-order chi connectivity index (χ1) is 8.22. The van der Waals surface area contributed by atoms with Crippen molar-refractivity contribution in [1.29, 1.82) is 0 Å². The van der Waals surface area contributed by atoms with E-state index >= 15 is 0 Å². The van der Waals surface area contributed by atoms with Crippen molar-refractivity contribution in [2.24, 2.45) is 5.92 Å². The molecule has 1 atom stereocenters. The third-order valence-electron chi connectivity index (χ3n) is 3.05. The van der Waals surface area contributed by atoms with Gasteiger partial charge in [-0.3, -0.25) is 4.98 Å². The van der Waals surface area contributed by atoms with E-state index in [4.69, 9.17) is 5.73 Å². The van der Waals surface area contributed by atoms with Crippen LogP contribution in [0.25, 0.3) is 11.3 Å². The predicted octanol–water partition coefficient (Wildman–Crippen LogP) is 2.57. The molecular formula is C13H18N4. The normalized spacial score (nSPS) is 12.6. The van der Waals surface area contributed by atoms with Gasteiger partial charge in [-0.1, -0.05) is 20.3 Å². The summed E-state index contributed by atoms with van der Waals surface area (Å²) in [6.07, 6.45) is 8.34. The molecule has 0 radical (unpaired) electrons. The van der Waals surface area contributed by atoms with E-state index in [2.05, 4.69) is 28.4 Å². The van der Waals surface area contributed by atoms with Crippen LogP contribution >= 0.6 is 0 Å². The fourth-order valence-corrected chi connectivity index (χ4v) is 1.77. The number of nitrogen functional groups attached to an aromatic ring is 1. The van der Waals surface area contributed by atoms with Crippen LogP contribution in [0.15, 0.2) is 31.0 Å². The smallest absolute Gasteiger partial charge is 0.0951 e. The molecule has 4 nitrogen and oxygen atoms in total. The summed E-state index contributed by atoms with van der Waals surface area (Å²) in [4.78, 5) is 8.33. The lowest BCUT2D eigenvalue weighted by Gasteiger charge is -2.13. The second kappa shape index (κ2) is 4.99. The molecule has 1 unspecified atom stereocenters. The van der Waals surface area contributed by atoms with Crippen molar-refractivity contribution in [3.05, 3.63) is 31.0 Å². The summed E-state index contributed by atoms with van der Waals surface area (Å²) in [6.45, 7) is 5.39. The highest BCUT2D eigenvalue weighted by molar-refractivity contribution is 5.72. The number of aromatic nitrogens is 3. The summed E-state index contributed by atoms with van der Waals surface area (Å²) in [5.74, 6) is 0.626. The molecule has 0 aromatic carbocycles. The molecule has 90 valence electrons. The number of pyridine rings is 1. The lowest BCUT2D eigenvalue weighted by molar-refractivity contribution is 0.471. The van der Waals surface area contributed by atoms with E-state index < -0.39 is 0 Å². The van der Waals surface area contributed by atoms with Crippen LogP contribution in [0.3, 0.4) is 0 Å². The van der Waals surface area contributed by atoms with Gasteiger partial charge in [0.2, 0.25) is 0 Å². The van der Waals surface area contributed by atoms with Crippen molar-refractivity contribution < 1.29 is 0 Å². The Hall–Kier alpha value is -1.84. The third kappa shape index (κ3) is 2.46. The van der Waals surface area contributed by atoms with Gasteiger partial charge in [0.1, 0.15) is 0 Å². The first-order valence-corrected chi connectivity index (χ1v) is 5.92. The minimum absolute atomic E-state index is 0.626. The molecule has 0 amide bonds. The van der Waals surface area contributed by atoms with Crippen LogP contribution in [0.5, 0.6) is 0 Å². The average Bonchev–Trinajstić information content (AvgIpc) is 2.77. The molecule has 2 heterocycles. The van der Waals surface area contributed by atoms with E-state index in [0.717, 1.165) is 29.9 Å². The van der Waals surface area contributed by atoms with Crippen LogP contribution in [0, 0.1) is 5.92 Å². The summed E-state index contributed by atoms with van der Waals surface area (Å²) in [5.41, 5.74) is 8.69. The third-order valence-corrected chi connectivity index (χ3v) is 3.05. The molecule has 0 bridgehead atoms. The topological polar surface area (TPSA) is 56.7 Å². The van der Waals surface area contributed by atoms with E-state index in [-0.39, 0.29) is 0 Å². The summed E-state index contributed by atoms with van der Waals surface area (Å²) in [7, 11) is 0. The van der Waals surface area contributed by atoms with Crippen LogP contribution in [-0.4, -0.2) is 14.5 Å². The fraction of sp³-hybridized carbons (Fsp3) is 0.385. The second-order valence-electron chi connectivity index (χ2n) is 4.41. The summed E-state index contributed by atoms with van der Waals surface area (Å²) < 4.78 is 2.14. The number of nitrogens with two attached hydrogens (primary N) is 1. The predicted molar refractivity (Wildman–Crippen MR) is 69.3 cm³/mol. The lowest BCUT2D eigenvalue weighted by Crippen LogP contribution is -2.07. The maximum Gasteiger partial charge on any atom is 0.0951 e. The van der Waals surface area contributed by atoms with Gasteiger partial charge < -0.3 is 10.3 Å². The number of nitrogens with zero attached hydrogens (tertiary/aromatic N) is 3. The Bertz CT molecular complexity index is 490. The molecule has 0 aliphatic heterocycles. The Morgan fingerprint density at radius 3 is 2.88 bits per heavy atom. The summed E-state index contributed by atoms with van der Waals surface area (Å²) in [5, 5.41) is 0. The van der Waals surface area contributed by atoms with Crippen LogP contribution in [-0.2, 0) is 6.54 Å². The Labute approximate surface area is 102 Å². The molecule has 2 aromatic rings. The van der Waals surface area contributed by atoms with E-state index in [9.17, 15) is 0 Å². The van der Waals surface area contributed by atoms with Crippen molar-refractivity contribution in [3.8, 4) is 11.3 Å². The van der Waals surface area contributed by atoms with Crippen molar-refractivity contribution in [1.82, 2.24) is 14.5 Å². The molecule has 0 aliphatic rings. The second-order valence-corrected chi connectivity index (χ2v) is 4.41. The number of anilines is 1. The minimum Gasteiger partial charge on any atom is -0.398 e. The van der Waals surface area contributed by atoms with Crippen molar-refractivity contribution in [2.45, 2.75) is 26.8 Å². The van der Waals surface area contributed by atoms with Gasteiger partial charge >= 0.3 is 0 Å². The maximum atomic E-state index is 5.96. The van der Waals surface area contributed by atoms with Gasteiger partial charge in [-0.05, 0) is 12.0 Å². The Morgan fingerprint density at radius 1 is 1.35 bits per heavy atom. The molecule has 2 rings (SSSR count). The standard InChI is InChI=1S/C13H18N4/c1-3-10(2)8-17-9-16-7-13(17)11-6-15-5-4-12(11)14/h4-7,9-10H,3,8H2,1-2H3,(H2,14,15). The van der Waals surface area contributed by atoms with Crippen LogP contribution in [0.4, 0.5) is 5.69 Å². The van der Waals surface area contributed by atoms with Crippen molar-refractivity contribution in [3.63, 3.8) is 0 Å². The van der Waals surface area contributed by atoms with Crippen LogP contribution in [0.1, 0.15) is 20.3 Å². The summed E-state index contributed by atoms with van der Waals surface area (Å²) >= 11 is 0. The zero-order valence-corrected chi connectivity index (χ0v) is 10.3. The Kier molecular flexibility index (Phi) is 3.42. The Morgan fingerprint density at radius 2 is 2.18 bits per heavy atom. The van der Waals surface area contributed by atoms with E-state index in [1.807, 2.05) is 18.6 Å². The molecular weight excluding hydrogens is 212 g/mol. The molecule has 4 heteroatoms. The highest BCUT2D eigenvalue weighted by atomic mass is 15.0. The van der Waals surface area contributed by atoms with Gasteiger partial charge in [0, 0.05) is 30.2 Å². The van der Waals surface area contributed by atoms with Crippen LogP contribution < -0.4 is 5.73 Å². The largest absolute Gasteiger partial charge is 0.398 e. The molecule has 2 N–H and O–H groups in total. The summed E-state index contributed by atoms with van der Waals surface area (Å²) in [6, 6.07) is 1.82. The van der Waals surface area contributed by atoms with Gasteiger partial charge in [0.15, 0.2) is 0 Å². The molecule has 17 heavy (non-hydrogen) atoms. The number of imidazole rings is 1. The number of hydrogen-bond acceptors (Lipinski definition) is 3. The van der Waals surface area contributed by atoms with Gasteiger partial charge in [-0.25, -0.2) is 4.98 Å². The lowest BCUT2D eigenvalue weighted by atomic mass is 10.1. The minimum atomic E-state index is 0.626. The molecule has 0 saturated carbocycles.